The molecule has 0 aliphatic carbocycles. The van der Waals surface area contributed by atoms with Crippen molar-refractivity contribution in [2.75, 3.05) is 5.75 Å². The lowest BCUT2D eigenvalue weighted by atomic mass is 10.5. The van der Waals surface area contributed by atoms with E-state index in [9.17, 15) is 18.0 Å². The molecule has 0 fully saturated rings. The minimum absolute atomic E-state index is 0.275. The van der Waals surface area contributed by atoms with E-state index in [1.807, 2.05) is 0 Å². The van der Waals surface area contributed by atoms with Gasteiger partial charge in [0.2, 0.25) is 0 Å². The number of rotatable bonds is 3. The lowest BCUT2D eigenvalue weighted by molar-refractivity contribution is -0.131. The molecule has 0 rings (SSSR count). The van der Waals surface area contributed by atoms with Gasteiger partial charge in [0.15, 0.2) is 0 Å². The Labute approximate surface area is 65.1 Å². The Bertz CT molecular complexity index is 164. The standard InChI is InChI=1S/C5H5F3O2S/c6-5(7,8)11-3-1-2-4(9)10/h1-2H,3H2,(H,9,10)/b2-1+. The van der Waals surface area contributed by atoms with Gasteiger partial charge in [-0.15, -0.1) is 0 Å². The van der Waals surface area contributed by atoms with Gasteiger partial charge in [0.1, 0.15) is 0 Å². The zero-order valence-electron chi connectivity index (χ0n) is 5.26. The maximum Gasteiger partial charge on any atom is 0.442 e. The fraction of sp³-hybridized carbons (Fsp3) is 0.400. The highest BCUT2D eigenvalue weighted by atomic mass is 32.2. The molecule has 6 heteroatoms. The van der Waals surface area contributed by atoms with Crippen LogP contribution in [0.4, 0.5) is 13.2 Å². The molecule has 0 radical (unpaired) electrons. The zero-order valence-corrected chi connectivity index (χ0v) is 6.08. The molecule has 11 heavy (non-hydrogen) atoms. The number of halogens is 3. The molecule has 0 aromatic carbocycles. The van der Waals surface area contributed by atoms with Crippen molar-refractivity contribution in [3.05, 3.63) is 12.2 Å². The van der Waals surface area contributed by atoms with Crippen molar-refractivity contribution in [3.63, 3.8) is 0 Å². The van der Waals surface area contributed by atoms with Gasteiger partial charge in [-0.1, -0.05) is 6.08 Å². The number of hydrogen-bond acceptors (Lipinski definition) is 2. The Balaban J connectivity index is 3.50. The van der Waals surface area contributed by atoms with Crippen LogP contribution in [0.1, 0.15) is 0 Å². The van der Waals surface area contributed by atoms with Gasteiger partial charge in [0.05, 0.1) is 0 Å². The molecule has 0 aromatic rings. The van der Waals surface area contributed by atoms with Crippen LogP contribution in [0.3, 0.4) is 0 Å². The molecular formula is C5H5F3O2S. The second-order valence-electron chi connectivity index (χ2n) is 1.50. The Morgan fingerprint density at radius 2 is 2.09 bits per heavy atom. The van der Waals surface area contributed by atoms with Crippen LogP contribution in [0.25, 0.3) is 0 Å². The summed E-state index contributed by atoms with van der Waals surface area (Å²) in [6.45, 7) is 0. The van der Waals surface area contributed by atoms with Crippen LogP contribution in [0.15, 0.2) is 12.2 Å². The predicted octanol–water partition coefficient (Wildman–Crippen LogP) is 1.88. The van der Waals surface area contributed by atoms with E-state index in [4.69, 9.17) is 5.11 Å². The van der Waals surface area contributed by atoms with E-state index in [0.717, 1.165) is 6.08 Å². The first-order valence-electron chi connectivity index (χ1n) is 2.52. The number of thioether (sulfide) groups is 1. The Hall–Kier alpha value is -0.650. The van der Waals surface area contributed by atoms with Crippen LogP contribution >= 0.6 is 11.8 Å². The molecule has 0 saturated carbocycles. The molecule has 0 atom stereocenters. The summed E-state index contributed by atoms with van der Waals surface area (Å²) in [6, 6.07) is 0. The maximum atomic E-state index is 11.4. The van der Waals surface area contributed by atoms with E-state index in [0.29, 0.717) is 6.08 Å². The minimum atomic E-state index is -4.29. The number of carboxylic acid groups (broad SMARTS) is 1. The van der Waals surface area contributed by atoms with Crippen LogP contribution < -0.4 is 0 Å². The van der Waals surface area contributed by atoms with Crippen molar-refractivity contribution < 1.29 is 23.1 Å². The van der Waals surface area contributed by atoms with Gasteiger partial charge in [-0.05, 0) is 11.8 Å². The van der Waals surface area contributed by atoms with E-state index in [-0.39, 0.29) is 17.5 Å². The highest BCUT2D eigenvalue weighted by Crippen LogP contribution is 2.29. The summed E-state index contributed by atoms with van der Waals surface area (Å²) in [7, 11) is 0. The number of carboxylic acids is 1. The summed E-state index contributed by atoms with van der Waals surface area (Å²) >= 11 is -0.275. The molecule has 0 heterocycles. The third-order valence-electron chi connectivity index (χ3n) is 0.604. The molecule has 0 saturated heterocycles. The van der Waals surface area contributed by atoms with Gasteiger partial charge in [-0.2, -0.15) is 13.2 Å². The predicted molar refractivity (Wildman–Crippen MR) is 35.3 cm³/mol. The fourth-order valence-electron chi connectivity index (χ4n) is 0.292. The first-order valence-corrected chi connectivity index (χ1v) is 3.50. The largest absolute Gasteiger partial charge is 0.478 e. The Morgan fingerprint density at radius 1 is 1.55 bits per heavy atom. The minimum Gasteiger partial charge on any atom is -0.478 e. The summed E-state index contributed by atoms with van der Waals surface area (Å²) in [6.07, 6.45) is 1.62. The van der Waals surface area contributed by atoms with Gasteiger partial charge >= 0.3 is 11.5 Å². The second kappa shape index (κ2) is 4.27. The van der Waals surface area contributed by atoms with E-state index in [1.54, 1.807) is 0 Å². The van der Waals surface area contributed by atoms with Crippen molar-refractivity contribution in [2.24, 2.45) is 0 Å². The van der Waals surface area contributed by atoms with Crippen molar-refractivity contribution in [1.82, 2.24) is 0 Å². The summed E-state index contributed by atoms with van der Waals surface area (Å²) in [5.74, 6) is -1.61. The number of alkyl halides is 3. The van der Waals surface area contributed by atoms with Gasteiger partial charge < -0.3 is 5.11 Å². The average molecular weight is 186 g/mol. The van der Waals surface area contributed by atoms with Crippen molar-refractivity contribution >= 4 is 17.7 Å². The number of aliphatic carboxylic acids is 1. The molecule has 1 N–H and O–H groups in total. The first kappa shape index (κ1) is 10.3. The van der Waals surface area contributed by atoms with Crippen LogP contribution in [-0.4, -0.2) is 22.3 Å². The van der Waals surface area contributed by atoms with E-state index < -0.39 is 11.5 Å². The number of hydrogen-bond donors (Lipinski definition) is 1. The third-order valence-corrected chi connectivity index (χ3v) is 1.29. The van der Waals surface area contributed by atoms with Crippen molar-refractivity contribution in [2.45, 2.75) is 5.51 Å². The summed E-state index contributed by atoms with van der Waals surface area (Å²) < 4.78 is 34.1. The molecule has 0 unspecified atom stereocenters. The van der Waals surface area contributed by atoms with Crippen LogP contribution in [0.2, 0.25) is 0 Å². The maximum absolute atomic E-state index is 11.4. The number of carbonyl (C=O) groups is 1. The van der Waals surface area contributed by atoms with Crippen LogP contribution in [0.5, 0.6) is 0 Å². The topological polar surface area (TPSA) is 37.3 Å². The van der Waals surface area contributed by atoms with Crippen LogP contribution in [0, 0.1) is 0 Å². The summed E-state index contributed by atoms with van der Waals surface area (Å²) in [4.78, 5) is 9.75. The highest BCUT2D eigenvalue weighted by molar-refractivity contribution is 8.00. The van der Waals surface area contributed by atoms with E-state index in [2.05, 4.69) is 0 Å². The normalized spacial score (nSPS) is 12.3. The van der Waals surface area contributed by atoms with E-state index >= 15 is 0 Å². The Kier molecular flexibility index (Phi) is 4.02. The van der Waals surface area contributed by atoms with Gasteiger partial charge in [0.25, 0.3) is 0 Å². The second-order valence-corrected chi connectivity index (χ2v) is 2.58. The molecule has 0 spiro atoms. The summed E-state index contributed by atoms with van der Waals surface area (Å²) in [5, 5.41) is 7.97. The van der Waals surface area contributed by atoms with E-state index in [1.165, 1.54) is 0 Å². The average Bonchev–Trinajstić information content (AvgIpc) is 1.78. The molecule has 0 aromatic heterocycles. The van der Waals surface area contributed by atoms with Gasteiger partial charge in [-0.25, -0.2) is 4.79 Å². The summed E-state index contributed by atoms with van der Waals surface area (Å²) in [5.41, 5.74) is -4.29. The lowest BCUT2D eigenvalue weighted by Crippen LogP contribution is -2.00. The molecule has 0 aliphatic heterocycles. The van der Waals surface area contributed by atoms with Crippen molar-refractivity contribution in [3.8, 4) is 0 Å². The molecule has 2 nitrogen and oxygen atoms in total. The van der Waals surface area contributed by atoms with Gasteiger partial charge in [0, 0.05) is 11.8 Å². The zero-order chi connectivity index (χ0) is 8.91. The molecule has 0 bridgehead atoms. The molecule has 0 aliphatic rings. The first-order chi connectivity index (χ1) is 4.92. The fourth-order valence-corrected chi connectivity index (χ4v) is 0.673. The van der Waals surface area contributed by atoms with Crippen LogP contribution in [-0.2, 0) is 4.79 Å². The lowest BCUT2D eigenvalue weighted by Gasteiger charge is -2.00. The van der Waals surface area contributed by atoms with Gasteiger partial charge in [-0.3, -0.25) is 0 Å². The SMILES string of the molecule is O=C(O)/C=C/CSC(F)(F)F. The molecular weight excluding hydrogens is 181 g/mol. The smallest absolute Gasteiger partial charge is 0.442 e. The Morgan fingerprint density at radius 3 is 2.45 bits per heavy atom. The quantitative estimate of drug-likeness (QED) is 0.684. The monoisotopic (exact) mass is 186 g/mol. The van der Waals surface area contributed by atoms with Crippen molar-refractivity contribution in [1.29, 1.82) is 0 Å². The third kappa shape index (κ3) is 9.35. The highest BCUT2D eigenvalue weighted by Gasteiger charge is 2.26. The molecule has 0 amide bonds. The molecule has 64 valence electrons.